The lowest BCUT2D eigenvalue weighted by atomic mass is 10.1. The van der Waals surface area contributed by atoms with Gasteiger partial charge in [-0.15, -0.1) is 0 Å². The smallest absolute Gasteiger partial charge is 0.147 e. The molecule has 0 N–H and O–H groups in total. The minimum Gasteiger partial charge on any atom is -0.298 e. The first-order valence-corrected chi connectivity index (χ1v) is 6.16. The predicted octanol–water partition coefficient (Wildman–Crippen LogP) is 3.11. The molecule has 1 rings (SSSR count). The number of aryl methyl sites for hydroxylation is 1. The van der Waals surface area contributed by atoms with Gasteiger partial charge in [-0.2, -0.15) is 0 Å². The summed E-state index contributed by atoms with van der Waals surface area (Å²) in [5, 5.41) is 0.441. The number of hydrogen-bond acceptors (Lipinski definition) is 1. The van der Waals surface area contributed by atoms with Gasteiger partial charge in [-0.1, -0.05) is 33.6 Å². The molecule has 0 saturated heterocycles. The molecule has 0 unspecified atom stereocenters. The maximum atomic E-state index is 11.2. The van der Waals surface area contributed by atoms with Gasteiger partial charge in [-0.25, -0.2) is 0 Å². The number of carbonyl (C=O) groups excluding carboxylic acids is 1. The normalized spacial score (nSPS) is 10.1. The van der Waals surface area contributed by atoms with Crippen molar-refractivity contribution in [1.29, 1.82) is 0 Å². The Balaban J connectivity index is 2.83. The summed E-state index contributed by atoms with van der Waals surface area (Å²) in [5.41, 5.74) is 2.36. The summed E-state index contributed by atoms with van der Waals surface area (Å²) in [6.07, 6.45) is 0.532. The first kappa shape index (κ1) is 11.2. The predicted molar refractivity (Wildman–Crippen MR) is 66.4 cm³/mol. The molecule has 3 heteroatoms. The highest BCUT2D eigenvalue weighted by Gasteiger charge is 2.04. The Morgan fingerprint density at radius 1 is 1.54 bits per heavy atom. The molecule has 70 valence electrons. The van der Waals surface area contributed by atoms with E-state index in [-0.39, 0.29) is 5.78 Å². The molecule has 0 spiro atoms. The third-order valence-corrected chi connectivity index (χ3v) is 3.37. The molecule has 0 aliphatic carbocycles. The Kier molecular flexibility index (Phi) is 4.38. The van der Waals surface area contributed by atoms with Crippen LogP contribution in [0.2, 0.25) is 0 Å². The molecule has 0 heterocycles. The summed E-state index contributed by atoms with van der Waals surface area (Å²) in [7, 11) is 0. The van der Waals surface area contributed by atoms with Crippen LogP contribution in [-0.4, -0.2) is 11.1 Å². The quantitative estimate of drug-likeness (QED) is 0.603. The fourth-order valence-corrected chi connectivity index (χ4v) is 2.12. The Labute approximate surface area is 100 Å². The maximum Gasteiger partial charge on any atom is 0.147 e. The highest BCUT2D eigenvalue weighted by atomic mass is 127. The number of ketones is 1. The zero-order chi connectivity index (χ0) is 9.84. The second-order valence-corrected chi connectivity index (χ2v) is 4.67. The van der Waals surface area contributed by atoms with E-state index in [1.54, 1.807) is 0 Å². The summed E-state index contributed by atoms with van der Waals surface area (Å²) in [6.45, 7) is 2.05. The lowest BCUT2D eigenvalue weighted by molar-refractivity contribution is -0.115. The molecule has 13 heavy (non-hydrogen) atoms. The molecule has 1 aromatic rings. The van der Waals surface area contributed by atoms with E-state index >= 15 is 0 Å². The number of rotatable bonds is 3. The molecule has 0 saturated carbocycles. The van der Waals surface area contributed by atoms with Crippen LogP contribution in [0.1, 0.15) is 11.1 Å². The summed E-state index contributed by atoms with van der Waals surface area (Å²) >= 11 is 5.43. The van der Waals surface area contributed by atoms with Gasteiger partial charge in [0.15, 0.2) is 0 Å². The first-order chi connectivity index (χ1) is 6.13. The van der Waals surface area contributed by atoms with Crippen molar-refractivity contribution in [3.05, 3.63) is 32.9 Å². The molecule has 0 bridgehead atoms. The van der Waals surface area contributed by atoms with E-state index in [2.05, 4.69) is 51.5 Å². The molecule has 0 atom stereocenters. The lowest BCUT2D eigenvalue weighted by Crippen LogP contribution is -2.04. The summed E-state index contributed by atoms with van der Waals surface area (Å²) in [6, 6.07) is 6.16. The van der Waals surface area contributed by atoms with Gasteiger partial charge in [0.25, 0.3) is 0 Å². The Bertz CT molecular complexity index is 323. The van der Waals surface area contributed by atoms with Crippen molar-refractivity contribution >= 4 is 44.3 Å². The molecule has 0 aliphatic rings. The second kappa shape index (κ2) is 5.10. The van der Waals surface area contributed by atoms with Crippen LogP contribution in [0.3, 0.4) is 0 Å². The minimum absolute atomic E-state index is 0.224. The van der Waals surface area contributed by atoms with E-state index in [4.69, 9.17) is 0 Å². The van der Waals surface area contributed by atoms with Crippen LogP contribution in [-0.2, 0) is 11.2 Å². The summed E-state index contributed by atoms with van der Waals surface area (Å²) in [4.78, 5) is 11.2. The molecule has 1 aromatic carbocycles. The molecule has 0 aromatic heterocycles. The summed E-state index contributed by atoms with van der Waals surface area (Å²) in [5.74, 6) is 0.224. The van der Waals surface area contributed by atoms with E-state index < -0.39 is 0 Å². The van der Waals surface area contributed by atoms with E-state index in [1.165, 1.54) is 9.13 Å². The van der Waals surface area contributed by atoms with E-state index in [9.17, 15) is 4.79 Å². The van der Waals surface area contributed by atoms with Gasteiger partial charge < -0.3 is 0 Å². The molecule has 0 fully saturated rings. The maximum absolute atomic E-state index is 11.2. The van der Waals surface area contributed by atoms with Gasteiger partial charge in [-0.05, 0) is 41.1 Å². The fourth-order valence-electron chi connectivity index (χ4n) is 1.06. The second-order valence-electron chi connectivity index (χ2n) is 2.94. The van der Waals surface area contributed by atoms with Crippen LogP contribution in [0.25, 0.3) is 0 Å². The zero-order valence-corrected chi connectivity index (χ0v) is 11.1. The third kappa shape index (κ3) is 3.38. The Morgan fingerprint density at radius 2 is 2.23 bits per heavy atom. The average Bonchev–Trinajstić information content (AvgIpc) is 2.09. The molecule has 1 nitrogen and oxygen atoms in total. The van der Waals surface area contributed by atoms with Gasteiger partial charge in [-0.3, -0.25) is 4.79 Å². The first-order valence-electron chi connectivity index (χ1n) is 3.96. The fraction of sp³-hybridized carbons (Fsp3) is 0.300. The topological polar surface area (TPSA) is 17.1 Å². The van der Waals surface area contributed by atoms with Crippen molar-refractivity contribution in [1.82, 2.24) is 0 Å². The van der Waals surface area contributed by atoms with Crippen LogP contribution in [0.5, 0.6) is 0 Å². The van der Waals surface area contributed by atoms with E-state index in [0.29, 0.717) is 11.8 Å². The number of Topliss-reactive ketones (excluding diaryl/α,β-unsaturated/α-hetero) is 1. The van der Waals surface area contributed by atoms with E-state index in [1.807, 2.05) is 12.1 Å². The van der Waals surface area contributed by atoms with Gasteiger partial charge in [0.05, 0.1) is 5.33 Å². The van der Waals surface area contributed by atoms with Crippen molar-refractivity contribution in [2.45, 2.75) is 13.3 Å². The standard InChI is InChI=1S/C10H10BrIO/c1-7-2-3-8(10(12)4-7)5-9(13)6-11/h2-4H,5-6H2,1H3. The Morgan fingerprint density at radius 3 is 2.77 bits per heavy atom. The average molecular weight is 353 g/mol. The van der Waals surface area contributed by atoms with Crippen LogP contribution in [0.4, 0.5) is 0 Å². The van der Waals surface area contributed by atoms with Crippen molar-refractivity contribution in [2.24, 2.45) is 0 Å². The molecule has 0 radical (unpaired) electrons. The van der Waals surface area contributed by atoms with Crippen LogP contribution < -0.4 is 0 Å². The van der Waals surface area contributed by atoms with E-state index in [0.717, 1.165) is 5.56 Å². The zero-order valence-electron chi connectivity index (χ0n) is 7.31. The molecule has 0 aliphatic heterocycles. The molecule has 0 amide bonds. The number of hydrogen-bond donors (Lipinski definition) is 0. The number of alkyl halides is 1. The Hall–Kier alpha value is 0.1000. The number of benzene rings is 1. The van der Waals surface area contributed by atoms with Crippen LogP contribution in [0, 0.1) is 10.5 Å². The third-order valence-electron chi connectivity index (χ3n) is 1.75. The summed E-state index contributed by atoms with van der Waals surface area (Å²) < 4.78 is 1.17. The molecular formula is C10H10BrIO. The van der Waals surface area contributed by atoms with Crippen molar-refractivity contribution in [3.8, 4) is 0 Å². The van der Waals surface area contributed by atoms with Crippen LogP contribution >= 0.6 is 38.5 Å². The molecular weight excluding hydrogens is 343 g/mol. The van der Waals surface area contributed by atoms with Crippen molar-refractivity contribution in [2.75, 3.05) is 5.33 Å². The lowest BCUT2D eigenvalue weighted by Gasteiger charge is -2.03. The number of halogens is 2. The van der Waals surface area contributed by atoms with Crippen molar-refractivity contribution < 1.29 is 4.79 Å². The monoisotopic (exact) mass is 352 g/mol. The SMILES string of the molecule is Cc1ccc(CC(=O)CBr)c(I)c1. The van der Waals surface area contributed by atoms with Gasteiger partial charge >= 0.3 is 0 Å². The number of carbonyl (C=O) groups is 1. The highest BCUT2D eigenvalue weighted by Crippen LogP contribution is 2.15. The minimum atomic E-state index is 0.224. The van der Waals surface area contributed by atoms with Gasteiger partial charge in [0, 0.05) is 9.99 Å². The largest absolute Gasteiger partial charge is 0.298 e. The van der Waals surface area contributed by atoms with Gasteiger partial charge in [0.1, 0.15) is 5.78 Å². The highest BCUT2D eigenvalue weighted by molar-refractivity contribution is 14.1. The van der Waals surface area contributed by atoms with Crippen LogP contribution in [0.15, 0.2) is 18.2 Å². The van der Waals surface area contributed by atoms with Gasteiger partial charge in [0.2, 0.25) is 0 Å². The van der Waals surface area contributed by atoms with Crippen molar-refractivity contribution in [3.63, 3.8) is 0 Å².